The summed E-state index contributed by atoms with van der Waals surface area (Å²) >= 11 is 9.02. The number of unbranched alkanes of at least 4 members (excludes halogenated alkanes) is 6. The van der Waals surface area contributed by atoms with Gasteiger partial charge in [-0.3, -0.25) is 24.0 Å². The SMILES string of the molecule is CC(C)C(=O)N/N=C(/CCCCCC(=O)c1nc(-c2nccs2)sc1C1CC1)C(F)(F)F.CCCC(=O)N/N=C(/CCCCCC(=O)c1nc(-c2nccs2)sc1C1CC1)C(F)(F)F.CN/N=C(/CCCCCC(=O)c1nc(-c2nccs2)sc1C1CC1)C(F)(F)F. The number of carbonyl (C=O) groups excluding carboxylic acids is 5. The number of hydrogen-bond donors (Lipinski definition) is 3. The van der Waals surface area contributed by atoms with E-state index in [1.807, 2.05) is 27.0 Å². The van der Waals surface area contributed by atoms with Gasteiger partial charge in [0.25, 0.3) is 0 Å². The van der Waals surface area contributed by atoms with E-state index in [0.717, 1.165) is 83.2 Å². The Kier molecular flexibility index (Phi) is 27.8. The number of carbonyl (C=O) groups is 5. The lowest BCUT2D eigenvalue weighted by Crippen LogP contribution is -2.30. The highest BCUT2D eigenvalue weighted by Crippen LogP contribution is 2.49. The number of amides is 2. The van der Waals surface area contributed by atoms with Gasteiger partial charge in [0.2, 0.25) is 11.8 Å². The van der Waals surface area contributed by atoms with E-state index >= 15 is 0 Å². The summed E-state index contributed by atoms with van der Waals surface area (Å²) < 4.78 is 117. The predicted octanol–water partition coefficient (Wildman–Crippen LogP) is 17.5. The Morgan fingerprint density at radius 2 is 0.783 bits per heavy atom. The number of alkyl halides is 9. The van der Waals surface area contributed by atoms with Gasteiger partial charge in [-0.15, -0.1) is 68.0 Å². The van der Waals surface area contributed by atoms with E-state index in [9.17, 15) is 63.5 Å². The third kappa shape index (κ3) is 23.1. The van der Waals surface area contributed by atoms with E-state index in [0.29, 0.717) is 92.6 Å². The molecule has 3 aliphatic rings. The van der Waals surface area contributed by atoms with Crippen LogP contribution in [0, 0.1) is 5.92 Å². The van der Waals surface area contributed by atoms with E-state index in [-0.39, 0.29) is 68.7 Å². The normalized spacial score (nSPS) is 14.8. The summed E-state index contributed by atoms with van der Waals surface area (Å²) in [7, 11) is 1.34. The molecule has 3 saturated carbocycles. The fourth-order valence-corrected chi connectivity index (χ4v) is 14.7. The standard InChI is InChI=1S/2C21H25F3N4O2S2.C18H21F3N4OS2/c1-12(2)18(30)28-27-15(21(22,23)24)7-5-3-4-6-14(29)16-17(13-8-9-13)32-20(26-16)19-25-10-11-31-19;1-2-6-16(30)28-27-15(21(22,23)24)8-5-3-4-7-14(29)17-18(13-9-10-13)32-20(26-17)19-25-11-12-31-19;1-22-25-13(18(19,20)21)6-4-2-3-5-12(26)14-15(11-7-8-11)28-17(24-14)16-23-9-10-27-16/h10-13H,3-9H2,1-2H3,(H,28,30);11-13H,2-10H2,1H3,(H,28,30);9-11,22H,2-8H2,1H3/b2*27-15-;25-13-. The number of hydrogen-bond acceptors (Lipinski definition) is 21. The fourth-order valence-electron chi connectivity index (χ4n) is 8.93. The van der Waals surface area contributed by atoms with Crippen molar-refractivity contribution in [2.45, 2.75) is 205 Å². The Balaban J connectivity index is 0.000000196. The van der Waals surface area contributed by atoms with Gasteiger partial charge in [0.05, 0.1) is 0 Å². The average Bonchev–Trinajstić information content (AvgIpc) is 1.67. The molecule has 0 aromatic carbocycles. The number of Topliss-reactive ketones (excluding diaryl/α,β-unsaturated/α-hetero) is 3. The zero-order valence-corrected chi connectivity index (χ0v) is 55.9. The number of nitrogens with zero attached hydrogens (tertiary/aromatic N) is 9. The van der Waals surface area contributed by atoms with E-state index < -0.39 is 53.4 Å². The maximum absolute atomic E-state index is 13.1. The van der Waals surface area contributed by atoms with Crippen molar-refractivity contribution < 1.29 is 63.5 Å². The van der Waals surface area contributed by atoms with Crippen LogP contribution in [0.5, 0.6) is 0 Å². The van der Waals surface area contributed by atoms with Crippen LogP contribution in [-0.2, 0) is 9.59 Å². The molecule has 2 amide bonds. The second-order valence-electron chi connectivity index (χ2n) is 22.3. The first-order valence-corrected chi connectivity index (χ1v) is 35.4. The van der Waals surface area contributed by atoms with Gasteiger partial charge in [-0.25, -0.2) is 40.8 Å². The van der Waals surface area contributed by atoms with E-state index in [4.69, 9.17) is 0 Å². The highest BCUT2D eigenvalue weighted by atomic mass is 32.1. The topological polar surface area (TPSA) is 236 Å². The van der Waals surface area contributed by atoms with Crippen molar-refractivity contribution >= 4 is 114 Å². The molecule has 3 N–H and O–H groups in total. The van der Waals surface area contributed by atoms with Crippen molar-refractivity contribution in [2.75, 3.05) is 7.05 Å². The molecule has 6 aromatic heterocycles. The summed E-state index contributed by atoms with van der Waals surface area (Å²) in [5.41, 5.74) is 4.83. The first-order chi connectivity index (χ1) is 43.9. The first-order valence-electron chi connectivity index (χ1n) is 30.3. The highest BCUT2D eigenvalue weighted by Gasteiger charge is 2.39. The van der Waals surface area contributed by atoms with Gasteiger partial charge < -0.3 is 5.43 Å². The summed E-state index contributed by atoms with van der Waals surface area (Å²) in [4.78, 5) is 90.5. The summed E-state index contributed by atoms with van der Waals surface area (Å²) in [6.07, 6.45) is 2.20. The molecule has 500 valence electrons. The van der Waals surface area contributed by atoms with Crippen LogP contribution in [0.1, 0.15) is 232 Å². The van der Waals surface area contributed by atoms with Crippen molar-refractivity contribution in [1.29, 1.82) is 0 Å². The van der Waals surface area contributed by atoms with Crippen LogP contribution in [0.25, 0.3) is 30.0 Å². The van der Waals surface area contributed by atoms with E-state index in [2.05, 4.69) is 50.6 Å². The van der Waals surface area contributed by atoms with E-state index in [1.165, 1.54) is 63.7 Å². The van der Waals surface area contributed by atoms with Crippen molar-refractivity contribution in [2.24, 2.45) is 21.2 Å². The molecular weight excluding hydrogens is 1330 g/mol. The summed E-state index contributed by atoms with van der Waals surface area (Å²) in [6, 6.07) is 0. The summed E-state index contributed by atoms with van der Waals surface area (Å²) in [6.45, 7) is 4.91. The molecule has 0 radical (unpaired) electrons. The molecule has 0 aliphatic heterocycles. The van der Waals surface area contributed by atoms with Crippen molar-refractivity contribution in [3.8, 4) is 30.0 Å². The summed E-state index contributed by atoms with van der Waals surface area (Å²) in [5.74, 6) is -0.543. The minimum Gasteiger partial charge on any atom is -0.313 e. The lowest BCUT2D eigenvalue weighted by Gasteiger charge is -2.11. The Bertz CT molecular complexity index is 3450. The van der Waals surface area contributed by atoms with Crippen LogP contribution in [-0.4, -0.2) is 102 Å². The van der Waals surface area contributed by atoms with Crippen molar-refractivity contribution in [3.63, 3.8) is 0 Å². The van der Waals surface area contributed by atoms with Gasteiger partial charge in [0.15, 0.2) is 47.4 Å². The number of thiazole rings is 6. The molecule has 0 spiro atoms. The number of aromatic nitrogens is 6. The third-order valence-electron chi connectivity index (χ3n) is 14.2. The summed E-state index contributed by atoms with van der Waals surface area (Å²) in [5, 5.41) is 20.1. The molecule has 9 rings (SSSR count). The van der Waals surface area contributed by atoms with Crippen LogP contribution in [0.2, 0.25) is 0 Å². The van der Waals surface area contributed by atoms with Crippen LogP contribution in [0.4, 0.5) is 39.5 Å². The minimum absolute atomic E-state index is 0.0270. The molecule has 0 saturated heterocycles. The molecular formula is C60H71F9N12O5S6. The van der Waals surface area contributed by atoms with Crippen molar-refractivity contribution in [3.05, 3.63) is 66.4 Å². The zero-order valence-electron chi connectivity index (χ0n) is 51.0. The first kappa shape index (κ1) is 73.3. The number of ketones is 3. The molecule has 92 heavy (non-hydrogen) atoms. The minimum atomic E-state index is -4.61. The van der Waals surface area contributed by atoms with Gasteiger partial charge in [-0.05, 0) is 120 Å². The molecule has 17 nitrogen and oxygen atoms in total. The number of rotatable bonds is 33. The molecule has 3 aliphatic carbocycles. The van der Waals surface area contributed by atoms with Crippen LogP contribution in [0.3, 0.4) is 0 Å². The molecule has 32 heteroatoms. The molecule has 6 heterocycles. The van der Waals surface area contributed by atoms with Crippen molar-refractivity contribution in [1.82, 2.24) is 46.2 Å². The lowest BCUT2D eigenvalue weighted by atomic mass is 10.1. The maximum Gasteiger partial charge on any atom is 0.431 e. The molecule has 0 atom stereocenters. The Hall–Kier alpha value is -6.09. The Labute approximate surface area is 550 Å². The van der Waals surface area contributed by atoms with Gasteiger partial charge in [-0.1, -0.05) is 40.0 Å². The smallest absolute Gasteiger partial charge is 0.313 e. The quantitative estimate of drug-likeness (QED) is 0.0115. The zero-order chi connectivity index (χ0) is 66.6. The Morgan fingerprint density at radius 3 is 1.05 bits per heavy atom. The number of nitrogens with one attached hydrogen (secondary N) is 3. The predicted molar refractivity (Wildman–Crippen MR) is 343 cm³/mol. The monoisotopic (exact) mass is 1400 g/mol. The number of halogens is 9. The van der Waals surface area contributed by atoms with E-state index in [1.54, 1.807) is 50.7 Å². The third-order valence-corrected chi connectivity index (χ3v) is 20.6. The second kappa shape index (κ2) is 34.9. The number of hydrazone groups is 3. The van der Waals surface area contributed by atoms with Gasteiger partial charge >= 0.3 is 18.5 Å². The molecule has 0 bridgehead atoms. The molecule has 3 fully saturated rings. The fraction of sp³-hybridized carbons (Fsp3) is 0.567. The molecule has 6 aromatic rings. The average molecular weight is 1400 g/mol. The Morgan fingerprint density at radius 1 is 0.467 bits per heavy atom. The van der Waals surface area contributed by atoms with Crippen LogP contribution in [0.15, 0.2) is 50.0 Å². The maximum atomic E-state index is 13.1. The van der Waals surface area contributed by atoms with Crippen LogP contribution >= 0.6 is 68.0 Å². The van der Waals surface area contributed by atoms with Crippen LogP contribution < -0.4 is 16.3 Å². The van der Waals surface area contributed by atoms with Gasteiger partial charge in [0.1, 0.15) is 34.2 Å². The van der Waals surface area contributed by atoms with Gasteiger partial charge in [-0.2, -0.15) is 54.8 Å². The lowest BCUT2D eigenvalue weighted by molar-refractivity contribution is -0.124. The second-order valence-corrected chi connectivity index (χ2v) is 28.1. The molecule has 0 unspecified atom stereocenters. The largest absolute Gasteiger partial charge is 0.431 e. The highest BCUT2D eigenvalue weighted by molar-refractivity contribution is 7.22. The van der Waals surface area contributed by atoms with Gasteiger partial charge in [0, 0.05) is 88.0 Å².